The van der Waals surface area contributed by atoms with Crippen molar-refractivity contribution in [2.75, 3.05) is 5.73 Å². The number of hydrogen-bond donors (Lipinski definition) is 4. The number of ketones is 2. The number of aliphatic hydroxyl groups excluding tert-OH is 1. The van der Waals surface area contributed by atoms with Crippen LogP contribution in [0.1, 0.15) is 27.1 Å². The predicted molar refractivity (Wildman–Crippen MR) is 71.5 cm³/mol. The van der Waals surface area contributed by atoms with Gasteiger partial charge in [-0.15, -0.1) is 0 Å². The Balaban J connectivity index is 2.36. The lowest BCUT2D eigenvalue weighted by Crippen LogP contribution is -2.36. The number of hydrogen-bond acceptors (Lipinski definition) is 6. The molecular formula is C14H12N2O4. The van der Waals surface area contributed by atoms with Crippen LogP contribution in [0.15, 0.2) is 35.1 Å². The van der Waals surface area contributed by atoms with Crippen LogP contribution in [0.2, 0.25) is 0 Å². The van der Waals surface area contributed by atoms with E-state index in [0.29, 0.717) is 0 Å². The number of benzene rings is 1. The molecule has 2 aliphatic carbocycles. The number of aromatic hydroxyl groups is 1. The zero-order chi connectivity index (χ0) is 14.6. The second kappa shape index (κ2) is 3.94. The molecule has 2 aliphatic rings. The number of nitrogens with two attached hydrogens (primary N) is 2. The van der Waals surface area contributed by atoms with Crippen molar-refractivity contribution in [3.63, 3.8) is 0 Å². The second-order valence-corrected chi connectivity index (χ2v) is 4.80. The van der Waals surface area contributed by atoms with Crippen LogP contribution >= 0.6 is 0 Å². The van der Waals surface area contributed by atoms with Gasteiger partial charge in [0.25, 0.3) is 0 Å². The van der Waals surface area contributed by atoms with Crippen LogP contribution < -0.4 is 11.5 Å². The zero-order valence-electron chi connectivity index (χ0n) is 10.4. The lowest BCUT2D eigenvalue weighted by molar-refractivity contribution is 0.0962. The number of nitrogen functional groups attached to an aromatic ring is 1. The van der Waals surface area contributed by atoms with Crippen molar-refractivity contribution in [3.8, 4) is 5.75 Å². The summed E-state index contributed by atoms with van der Waals surface area (Å²) in [6.45, 7) is 0. The number of Topliss-reactive ketones (excluding diaryl/α,β-unsaturated/α-hetero) is 2. The van der Waals surface area contributed by atoms with E-state index in [2.05, 4.69) is 0 Å². The average Bonchev–Trinajstić information content (AvgIpc) is 2.41. The molecule has 0 saturated carbocycles. The molecule has 102 valence electrons. The van der Waals surface area contributed by atoms with Gasteiger partial charge in [0, 0.05) is 17.3 Å². The lowest BCUT2D eigenvalue weighted by Gasteiger charge is -2.28. The Labute approximate surface area is 114 Å². The first-order valence-electron chi connectivity index (χ1n) is 6.03. The molecule has 1 atom stereocenters. The molecule has 1 unspecified atom stereocenters. The molecule has 0 heterocycles. The van der Waals surface area contributed by atoms with E-state index in [1.807, 2.05) is 0 Å². The fraction of sp³-hybridized carbons (Fsp3) is 0.143. The van der Waals surface area contributed by atoms with Gasteiger partial charge in [-0.3, -0.25) is 9.59 Å². The van der Waals surface area contributed by atoms with Gasteiger partial charge in [0.2, 0.25) is 0 Å². The van der Waals surface area contributed by atoms with E-state index in [9.17, 15) is 19.8 Å². The molecule has 0 aliphatic heterocycles. The van der Waals surface area contributed by atoms with Crippen LogP contribution in [0.25, 0.3) is 0 Å². The SMILES string of the molecule is Nc1ccc(O)c2c1C(=O)C1=C(C2=O)C(N)CC=C1O. The highest BCUT2D eigenvalue weighted by Crippen LogP contribution is 2.39. The van der Waals surface area contributed by atoms with Crippen LogP contribution in [0, 0.1) is 0 Å². The maximum atomic E-state index is 12.5. The van der Waals surface area contributed by atoms with Crippen molar-refractivity contribution < 1.29 is 19.8 Å². The van der Waals surface area contributed by atoms with E-state index in [1.165, 1.54) is 18.2 Å². The number of carbonyl (C=O) groups is 2. The first-order chi connectivity index (χ1) is 9.43. The Bertz CT molecular complexity index is 731. The first-order valence-corrected chi connectivity index (χ1v) is 6.03. The van der Waals surface area contributed by atoms with Gasteiger partial charge < -0.3 is 21.7 Å². The zero-order valence-corrected chi connectivity index (χ0v) is 10.4. The molecule has 0 bridgehead atoms. The van der Waals surface area contributed by atoms with E-state index in [-0.39, 0.29) is 45.9 Å². The summed E-state index contributed by atoms with van der Waals surface area (Å²) < 4.78 is 0. The quantitative estimate of drug-likeness (QED) is 0.409. The standard InChI is InChI=1S/C14H12N2O4/c15-5-1-3-7(17)11-9(5)13(19)12-8(18)4-2-6(16)10(12)14(11)20/h1,3-4,6,17-18H,2,15-16H2. The molecule has 6 nitrogen and oxygen atoms in total. The van der Waals surface area contributed by atoms with Gasteiger partial charge in [0.15, 0.2) is 11.6 Å². The summed E-state index contributed by atoms with van der Waals surface area (Å²) in [7, 11) is 0. The summed E-state index contributed by atoms with van der Waals surface area (Å²) in [6, 6.07) is 1.91. The Morgan fingerprint density at radius 2 is 1.80 bits per heavy atom. The molecule has 0 fully saturated rings. The fourth-order valence-corrected chi connectivity index (χ4v) is 2.64. The summed E-state index contributed by atoms with van der Waals surface area (Å²) in [6.07, 6.45) is 1.65. The van der Waals surface area contributed by atoms with Gasteiger partial charge >= 0.3 is 0 Å². The van der Waals surface area contributed by atoms with Gasteiger partial charge in [-0.05, 0) is 24.6 Å². The highest BCUT2D eigenvalue weighted by atomic mass is 16.3. The predicted octanol–water partition coefficient (Wildman–Crippen LogP) is 0.823. The molecule has 3 rings (SSSR count). The molecule has 0 aromatic heterocycles. The minimum atomic E-state index is -0.689. The van der Waals surface area contributed by atoms with Crippen molar-refractivity contribution in [3.05, 3.63) is 46.2 Å². The second-order valence-electron chi connectivity index (χ2n) is 4.80. The third kappa shape index (κ3) is 1.42. The Hall–Kier alpha value is -2.60. The van der Waals surface area contributed by atoms with Crippen LogP contribution in [-0.2, 0) is 0 Å². The van der Waals surface area contributed by atoms with Crippen molar-refractivity contribution in [2.24, 2.45) is 5.73 Å². The number of fused-ring (bicyclic) bond motifs is 1. The number of phenolic OH excluding ortho intramolecular Hbond substituents is 1. The highest BCUT2D eigenvalue weighted by molar-refractivity contribution is 6.31. The molecule has 1 aromatic rings. The maximum Gasteiger partial charge on any atom is 0.200 e. The molecule has 20 heavy (non-hydrogen) atoms. The molecule has 0 amide bonds. The lowest BCUT2D eigenvalue weighted by atomic mass is 9.76. The smallest absolute Gasteiger partial charge is 0.200 e. The molecule has 0 spiro atoms. The van der Waals surface area contributed by atoms with Crippen LogP contribution in [0.3, 0.4) is 0 Å². The normalized spacial score (nSPS) is 21.4. The number of rotatable bonds is 0. The van der Waals surface area contributed by atoms with Crippen LogP contribution in [-0.4, -0.2) is 27.8 Å². The number of carbonyl (C=O) groups excluding carboxylic acids is 2. The number of phenols is 1. The molecule has 6 heteroatoms. The minimum Gasteiger partial charge on any atom is -0.508 e. The van der Waals surface area contributed by atoms with Crippen molar-refractivity contribution >= 4 is 17.3 Å². The summed E-state index contributed by atoms with van der Waals surface area (Å²) in [5, 5.41) is 19.7. The van der Waals surface area contributed by atoms with Crippen molar-refractivity contribution in [2.45, 2.75) is 12.5 Å². The molecule has 6 N–H and O–H groups in total. The van der Waals surface area contributed by atoms with Crippen molar-refractivity contribution in [1.82, 2.24) is 0 Å². The average molecular weight is 272 g/mol. The van der Waals surface area contributed by atoms with Crippen LogP contribution in [0.4, 0.5) is 5.69 Å². The van der Waals surface area contributed by atoms with Crippen LogP contribution in [0.5, 0.6) is 5.75 Å². The Morgan fingerprint density at radius 1 is 1.10 bits per heavy atom. The summed E-state index contributed by atoms with van der Waals surface area (Å²) in [5.74, 6) is -1.74. The van der Waals surface area contributed by atoms with E-state index in [0.717, 1.165) is 0 Å². The molecular weight excluding hydrogens is 260 g/mol. The molecule has 0 saturated heterocycles. The summed E-state index contributed by atoms with van der Waals surface area (Å²) in [4.78, 5) is 24.9. The molecule has 1 aromatic carbocycles. The minimum absolute atomic E-state index is 0.0309. The van der Waals surface area contributed by atoms with E-state index in [1.54, 1.807) is 0 Å². The van der Waals surface area contributed by atoms with Gasteiger partial charge in [-0.2, -0.15) is 0 Å². The number of aliphatic hydroxyl groups is 1. The summed E-state index contributed by atoms with van der Waals surface area (Å²) >= 11 is 0. The monoisotopic (exact) mass is 272 g/mol. The Kier molecular flexibility index (Phi) is 2.45. The maximum absolute atomic E-state index is 12.5. The fourth-order valence-electron chi connectivity index (χ4n) is 2.64. The van der Waals surface area contributed by atoms with Gasteiger partial charge in [0.1, 0.15) is 11.5 Å². The highest BCUT2D eigenvalue weighted by Gasteiger charge is 2.40. The first kappa shape index (κ1) is 12.4. The third-order valence-corrected chi connectivity index (χ3v) is 3.60. The van der Waals surface area contributed by atoms with Gasteiger partial charge in [-0.25, -0.2) is 0 Å². The van der Waals surface area contributed by atoms with Gasteiger partial charge in [-0.1, -0.05) is 0 Å². The summed E-state index contributed by atoms with van der Waals surface area (Å²) in [5.41, 5.74) is 11.4. The van der Waals surface area contributed by atoms with Gasteiger partial charge in [0.05, 0.1) is 16.7 Å². The number of allylic oxidation sites excluding steroid dienone is 1. The Morgan fingerprint density at radius 3 is 2.50 bits per heavy atom. The third-order valence-electron chi connectivity index (χ3n) is 3.60. The van der Waals surface area contributed by atoms with E-state index < -0.39 is 17.6 Å². The largest absolute Gasteiger partial charge is 0.508 e. The topological polar surface area (TPSA) is 127 Å². The van der Waals surface area contributed by atoms with E-state index >= 15 is 0 Å². The number of anilines is 1. The van der Waals surface area contributed by atoms with E-state index in [4.69, 9.17) is 11.5 Å². The van der Waals surface area contributed by atoms with Crippen molar-refractivity contribution in [1.29, 1.82) is 0 Å². The molecule has 0 radical (unpaired) electrons.